The second-order valence-corrected chi connectivity index (χ2v) is 7.06. The van der Waals surface area contributed by atoms with Gasteiger partial charge in [-0.1, -0.05) is 44.9 Å². The van der Waals surface area contributed by atoms with Gasteiger partial charge in [-0.15, -0.1) is 0 Å². The van der Waals surface area contributed by atoms with Crippen LogP contribution >= 0.6 is 0 Å². The average molecular weight is 285 g/mol. The number of ether oxygens (including phenoxy) is 1. The van der Waals surface area contributed by atoms with Crippen molar-refractivity contribution in [2.75, 3.05) is 6.61 Å². The molecule has 1 aliphatic carbocycles. The number of fused-ring (bicyclic) bond motifs is 1. The number of hydrogen-bond donors (Lipinski definition) is 1. The number of nitriles is 1. The third-order valence-electron chi connectivity index (χ3n) is 5.69. The van der Waals surface area contributed by atoms with Crippen LogP contribution in [0, 0.1) is 16.7 Å². The molecule has 1 fully saturated rings. The van der Waals surface area contributed by atoms with E-state index in [1.54, 1.807) is 0 Å². The Balaban J connectivity index is 2.21. The van der Waals surface area contributed by atoms with Crippen molar-refractivity contribution < 1.29 is 9.84 Å². The molecule has 1 N–H and O–H groups in total. The van der Waals surface area contributed by atoms with Crippen LogP contribution in [0.25, 0.3) is 0 Å². The molecule has 3 rings (SSSR count). The highest BCUT2D eigenvalue weighted by atomic mass is 16.5. The molecule has 2 aliphatic rings. The molecule has 1 aliphatic heterocycles. The molecule has 1 saturated carbocycles. The molecule has 0 bridgehead atoms. The van der Waals surface area contributed by atoms with Crippen molar-refractivity contribution in [3.05, 3.63) is 29.8 Å². The molecule has 1 heterocycles. The van der Waals surface area contributed by atoms with Gasteiger partial charge in [-0.2, -0.15) is 5.26 Å². The summed E-state index contributed by atoms with van der Waals surface area (Å²) in [5.74, 6) is 0.750. The van der Waals surface area contributed by atoms with Gasteiger partial charge in [0.2, 0.25) is 0 Å². The number of para-hydroxylation sites is 1. The number of aliphatic hydroxyl groups is 1. The maximum Gasteiger partial charge on any atom is 0.124 e. The highest BCUT2D eigenvalue weighted by molar-refractivity contribution is 5.49. The predicted molar refractivity (Wildman–Crippen MR) is 81.0 cm³/mol. The van der Waals surface area contributed by atoms with Crippen LogP contribution in [0.5, 0.6) is 5.75 Å². The van der Waals surface area contributed by atoms with Gasteiger partial charge < -0.3 is 9.84 Å². The maximum absolute atomic E-state index is 11.6. The second-order valence-electron chi connectivity index (χ2n) is 7.06. The molecule has 0 saturated heterocycles. The number of nitrogens with zero attached hydrogens (tertiary/aromatic N) is 1. The Labute approximate surface area is 126 Å². The fourth-order valence-corrected chi connectivity index (χ4v) is 4.32. The van der Waals surface area contributed by atoms with Crippen LogP contribution in [0.3, 0.4) is 0 Å². The van der Waals surface area contributed by atoms with Crippen molar-refractivity contribution in [1.29, 1.82) is 5.26 Å². The zero-order valence-corrected chi connectivity index (χ0v) is 12.9. The van der Waals surface area contributed by atoms with Crippen LogP contribution in [-0.2, 0) is 5.41 Å². The molecule has 3 nitrogen and oxygen atoms in total. The number of hydrogen-bond acceptors (Lipinski definition) is 3. The van der Waals surface area contributed by atoms with Crippen LogP contribution < -0.4 is 4.74 Å². The molecule has 0 amide bonds. The van der Waals surface area contributed by atoms with Gasteiger partial charge in [0.25, 0.3) is 0 Å². The van der Waals surface area contributed by atoms with Gasteiger partial charge in [0.05, 0.1) is 18.3 Å². The lowest BCUT2D eigenvalue weighted by molar-refractivity contribution is -0.144. The molecule has 2 unspecified atom stereocenters. The van der Waals surface area contributed by atoms with Crippen molar-refractivity contribution in [2.24, 2.45) is 5.41 Å². The van der Waals surface area contributed by atoms with Crippen molar-refractivity contribution in [3.8, 4) is 11.8 Å². The topological polar surface area (TPSA) is 53.2 Å². The highest BCUT2D eigenvalue weighted by Crippen LogP contribution is 2.57. The fraction of sp³-hybridized carbons (Fsp3) is 0.611. The number of benzene rings is 1. The smallest absolute Gasteiger partial charge is 0.124 e. The van der Waals surface area contributed by atoms with Crippen molar-refractivity contribution >= 4 is 0 Å². The summed E-state index contributed by atoms with van der Waals surface area (Å²) >= 11 is 0. The summed E-state index contributed by atoms with van der Waals surface area (Å²) in [4.78, 5) is 0. The van der Waals surface area contributed by atoms with E-state index >= 15 is 0 Å². The van der Waals surface area contributed by atoms with Gasteiger partial charge in [-0.05, 0) is 24.3 Å². The lowest BCUT2D eigenvalue weighted by atomic mass is 9.51. The van der Waals surface area contributed by atoms with Crippen LogP contribution in [0.4, 0.5) is 0 Å². The lowest BCUT2D eigenvalue weighted by Crippen LogP contribution is -2.62. The SMILES string of the molecule is CC1(C)CCCCC1(O)C1(C#N)CCOc2ccccc21. The van der Waals surface area contributed by atoms with Crippen molar-refractivity contribution in [3.63, 3.8) is 0 Å². The summed E-state index contributed by atoms with van der Waals surface area (Å²) in [7, 11) is 0. The minimum Gasteiger partial charge on any atom is -0.493 e. The molecule has 2 atom stereocenters. The monoisotopic (exact) mass is 285 g/mol. The van der Waals surface area contributed by atoms with E-state index in [4.69, 9.17) is 4.74 Å². The van der Waals surface area contributed by atoms with E-state index in [1.165, 1.54) is 0 Å². The van der Waals surface area contributed by atoms with Gasteiger partial charge >= 0.3 is 0 Å². The van der Waals surface area contributed by atoms with Crippen LogP contribution in [0.15, 0.2) is 24.3 Å². The zero-order valence-electron chi connectivity index (χ0n) is 12.9. The molecule has 1 aromatic carbocycles. The Morgan fingerprint density at radius 1 is 1.14 bits per heavy atom. The molecule has 1 aromatic rings. The molecule has 21 heavy (non-hydrogen) atoms. The Morgan fingerprint density at radius 2 is 1.86 bits per heavy atom. The van der Waals surface area contributed by atoms with E-state index in [9.17, 15) is 10.4 Å². The average Bonchev–Trinajstić information content (AvgIpc) is 2.49. The zero-order chi connectivity index (χ0) is 15.1. The summed E-state index contributed by atoms with van der Waals surface area (Å²) in [6.07, 6.45) is 4.29. The van der Waals surface area contributed by atoms with E-state index in [2.05, 4.69) is 19.9 Å². The highest BCUT2D eigenvalue weighted by Gasteiger charge is 2.61. The van der Waals surface area contributed by atoms with Gasteiger partial charge in [0, 0.05) is 12.0 Å². The van der Waals surface area contributed by atoms with Gasteiger partial charge in [-0.3, -0.25) is 0 Å². The first-order chi connectivity index (χ1) is 9.97. The Hall–Kier alpha value is -1.53. The van der Waals surface area contributed by atoms with E-state index in [1.807, 2.05) is 24.3 Å². The Bertz CT molecular complexity index is 589. The standard InChI is InChI=1S/C18H23NO2/c1-16(2)9-5-6-10-18(16,20)17(13-19)11-12-21-15-8-4-3-7-14(15)17/h3-4,7-8,20H,5-6,9-12H2,1-2H3. The van der Waals surface area contributed by atoms with Gasteiger partial charge in [0.1, 0.15) is 11.2 Å². The molecular formula is C18H23NO2. The number of rotatable bonds is 1. The molecule has 0 spiro atoms. The fourth-order valence-electron chi connectivity index (χ4n) is 4.32. The van der Waals surface area contributed by atoms with Crippen LogP contribution in [0.2, 0.25) is 0 Å². The summed E-state index contributed by atoms with van der Waals surface area (Å²) in [5.41, 5.74) is -1.29. The summed E-state index contributed by atoms with van der Waals surface area (Å²) in [6.45, 7) is 4.69. The quantitative estimate of drug-likeness (QED) is 0.858. The van der Waals surface area contributed by atoms with E-state index in [-0.39, 0.29) is 5.41 Å². The Morgan fingerprint density at radius 3 is 2.57 bits per heavy atom. The van der Waals surface area contributed by atoms with E-state index < -0.39 is 11.0 Å². The largest absolute Gasteiger partial charge is 0.493 e. The molecule has 0 aromatic heterocycles. The van der Waals surface area contributed by atoms with E-state index in [0.29, 0.717) is 19.4 Å². The van der Waals surface area contributed by atoms with Gasteiger partial charge in [-0.25, -0.2) is 0 Å². The predicted octanol–water partition coefficient (Wildman–Crippen LogP) is 3.56. The first-order valence-electron chi connectivity index (χ1n) is 7.83. The first-order valence-corrected chi connectivity index (χ1v) is 7.83. The molecular weight excluding hydrogens is 262 g/mol. The van der Waals surface area contributed by atoms with Gasteiger partial charge in [0.15, 0.2) is 0 Å². The normalized spacial score (nSPS) is 34.4. The second kappa shape index (κ2) is 4.74. The molecule has 0 radical (unpaired) electrons. The van der Waals surface area contributed by atoms with E-state index in [0.717, 1.165) is 30.6 Å². The summed E-state index contributed by atoms with van der Waals surface area (Å²) in [6, 6.07) is 10.2. The van der Waals surface area contributed by atoms with Crippen molar-refractivity contribution in [2.45, 2.75) is 57.0 Å². The third kappa shape index (κ3) is 1.82. The van der Waals surface area contributed by atoms with Crippen molar-refractivity contribution in [1.82, 2.24) is 0 Å². The third-order valence-corrected chi connectivity index (χ3v) is 5.69. The summed E-state index contributed by atoms with van der Waals surface area (Å²) < 4.78 is 5.72. The summed E-state index contributed by atoms with van der Waals surface area (Å²) in [5, 5.41) is 21.7. The minimum atomic E-state index is -1.01. The maximum atomic E-state index is 11.6. The van der Waals surface area contributed by atoms with Crippen LogP contribution in [0.1, 0.15) is 51.5 Å². The molecule has 3 heteroatoms. The lowest BCUT2D eigenvalue weighted by Gasteiger charge is -2.56. The first kappa shape index (κ1) is 14.4. The minimum absolute atomic E-state index is 0.272. The van der Waals surface area contributed by atoms with Crippen LogP contribution in [-0.4, -0.2) is 17.3 Å². The molecule has 112 valence electrons. The Kier molecular flexibility index (Phi) is 3.26.